The van der Waals surface area contributed by atoms with E-state index in [0.29, 0.717) is 0 Å². The quantitative estimate of drug-likeness (QED) is 0.648. The average Bonchev–Trinajstić information content (AvgIpc) is 2.01. The van der Waals surface area contributed by atoms with Crippen molar-refractivity contribution in [2.45, 2.75) is 56.6 Å². The van der Waals surface area contributed by atoms with E-state index in [1.165, 1.54) is 19.3 Å². The highest BCUT2D eigenvalue weighted by molar-refractivity contribution is 5.02. The average molecular weight is 183 g/mol. The van der Waals surface area contributed by atoms with Gasteiger partial charge in [-0.15, -0.1) is 0 Å². The molecule has 0 heterocycles. The van der Waals surface area contributed by atoms with Crippen LogP contribution >= 0.6 is 0 Å². The van der Waals surface area contributed by atoms with Crippen LogP contribution in [0.3, 0.4) is 0 Å². The van der Waals surface area contributed by atoms with E-state index in [-0.39, 0.29) is 11.1 Å². The minimum absolute atomic E-state index is 0.179. The molecule has 2 nitrogen and oxygen atoms in total. The van der Waals surface area contributed by atoms with Gasteiger partial charge in [0.2, 0.25) is 0 Å². The van der Waals surface area contributed by atoms with E-state index in [1.807, 2.05) is 7.05 Å². The van der Waals surface area contributed by atoms with Crippen LogP contribution in [-0.4, -0.2) is 23.3 Å². The van der Waals surface area contributed by atoms with Crippen LogP contribution in [0, 0.1) is 5.92 Å². The van der Waals surface area contributed by atoms with E-state index in [4.69, 9.17) is 0 Å². The van der Waals surface area contributed by atoms with Gasteiger partial charge < -0.3 is 10.4 Å². The summed E-state index contributed by atoms with van der Waals surface area (Å²) >= 11 is 0. The molecule has 3 unspecified atom stereocenters. The Kier molecular flexibility index (Phi) is 2.16. The first-order valence-electron chi connectivity index (χ1n) is 5.47. The molecule has 0 aliphatic heterocycles. The second-order valence-electron chi connectivity index (χ2n) is 5.38. The Morgan fingerprint density at radius 2 is 2.15 bits per heavy atom. The van der Waals surface area contributed by atoms with Crippen molar-refractivity contribution in [3.8, 4) is 0 Å². The molecular weight excluding hydrogens is 162 g/mol. The molecule has 0 spiro atoms. The summed E-state index contributed by atoms with van der Waals surface area (Å²) in [5, 5.41) is 13.7. The maximum Gasteiger partial charge on any atom is 0.0667 e. The Balaban J connectivity index is 2.15. The number of hydrogen-bond acceptors (Lipinski definition) is 2. The lowest BCUT2D eigenvalue weighted by Gasteiger charge is -2.50. The summed E-state index contributed by atoms with van der Waals surface area (Å²) in [6.45, 7) is 2.25. The van der Waals surface area contributed by atoms with Gasteiger partial charge in [-0.3, -0.25) is 0 Å². The predicted molar refractivity (Wildman–Crippen MR) is 53.6 cm³/mol. The van der Waals surface area contributed by atoms with Crippen LogP contribution in [-0.2, 0) is 0 Å². The largest absolute Gasteiger partial charge is 0.390 e. The van der Waals surface area contributed by atoms with E-state index in [0.717, 1.165) is 25.2 Å². The zero-order valence-electron chi connectivity index (χ0n) is 8.77. The molecule has 0 aromatic heterocycles. The van der Waals surface area contributed by atoms with Crippen LogP contribution in [0.15, 0.2) is 0 Å². The first kappa shape index (κ1) is 9.47. The van der Waals surface area contributed by atoms with Crippen molar-refractivity contribution in [3.63, 3.8) is 0 Å². The number of rotatable bonds is 1. The van der Waals surface area contributed by atoms with E-state index in [9.17, 15) is 5.11 Å². The van der Waals surface area contributed by atoms with Gasteiger partial charge in [-0.1, -0.05) is 12.8 Å². The topological polar surface area (TPSA) is 32.3 Å². The molecule has 2 fully saturated rings. The summed E-state index contributed by atoms with van der Waals surface area (Å²) in [4.78, 5) is 0. The van der Waals surface area contributed by atoms with Gasteiger partial charge in [0.05, 0.1) is 5.60 Å². The molecule has 0 radical (unpaired) electrons. The lowest BCUT2D eigenvalue weighted by atomic mass is 9.63. The molecule has 2 aliphatic rings. The van der Waals surface area contributed by atoms with Crippen molar-refractivity contribution in [1.29, 1.82) is 0 Å². The summed E-state index contributed by atoms with van der Waals surface area (Å²) < 4.78 is 0. The Hall–Kier alpha value is -0.0800. The number of fused-ring (bicyclic) bond motifs is 2. The number of aliphatic hydroxyl groups is 1. The van der Waals surface area contributed by atoms with Gasteiger partial charge in [-0.25, -0.2) is 0 Å². The Morgan fingerprint density at radius 1 is 1.38 bits per heavy atom. The standard InChI is InChI=1S/C11H21NO/c1-10(12-2)6-9-4-3-5-11(13,7-9)8-10/h9,12-13H,3-8H2,1-2H3. The van der Waals surface area contributed by atoms with Gasteiger partial charge in [0.25, 0.3) is 0 Å². The molecular formula is C11H21NO. The summed E-state index contributed by atoms with van der Waals surface area (Å²) in [5.41, 5.74) is -0.170. The summed E-state index contributed by atoms with van der Waals surface area (Å²) in [5.74, 6) is 0.755. The molecule has 2 rings (SSSR count). The van der Waals surface area contributed by atoms with E-state index >= 15 is 0 Å². The molecule has 13 heavy (non-hydrogen) atoms. The van der Waals surface area contributed by atoms with Crippen molar-refractivity contribution >= 4 is 0 Å². The molecule has 0 amide bonds. The van der Waals surface area contributed by atoms with Gasteiger partial charge in [0.1, 0.15) is 0 Å². The monoisotopic (exact) mass is 183 g/mol. The highest BCUT2D eigenvalue weighted by Crippen LogP contribution is 2.46. The third-order valence-electron chi connectivity index (χ3n) is 3.99. The zero-order chi connectivity index (χ0) is 9.53. The van der Waals surface area contributed by atoms with Crippen molar-refractivity contribution in [1.82, 2.24) is 5.32 Å². The zero-order valence-corrected chi connectivity index (χ0v) is 8.77. The lowest BCUT2D eigenvalue weighted by molar-refractivity contribution is -0.0769. The molecule has 2 heteroatoms. The third kappa shape index (κ3) is 1.75. The summed E-state index contributed by atoms with van der Waals surface area (Å²) in [6.07, 6.45) is 6.78. The van der Waals surface area contributed by atoms with Crippen LogP contribution in [0.2, 0.25) is 0 Å². The van der Waals surface area contributed by atoms with Gasteiger partial charge in [-0.2, -0.15) is 0 Å². The van der Waals surface area contributed by atoms with Gasteiger partial charge in [-0.05, 0) is 45.6 Å². The van der Waals surface area contributed by atoms with Crippen molar-refractivity contribution in [3.05, 3.63) is 0 Å². The van der Waals surface area contributed by atoms with Crippen LogP contribution in [0.1, 0.15) is 45.4 Å². The highest BCUT2D eigenvalue weighted by Gasteiger charge is 2.46. The molecule has 0 saturated heterocycles. The van der Waals surface area contributed by atoms with Crippen molar-refractivity contribution < 1.29 is 5.11 Å². The SMILES string of the molecule is CNC1(C)CC2CCCC(O)(C2)C1. The van der Waals surface area contributed by atoms with E-state index < -0.39 is 0 Å². The van der Waals surface area contributed by atoms with Crippen LogP contribution in [0.25, 0.3) is 0 Å². The minimum Gasteiger partial charge on any atom is -0.390 e. The normalized spacial score (nSPS) is 50.5. The smallest absolute Gasteiger partial charge is 0.0667 e. The second-order valence-corrected chi connectivity index (χ2v) is 5.38. The predicted octanol–water partition coefficient (Wildman–Crippen LogP) is 1.68. The third-order valence-corrected chi connectivity index (χ3v) is 3.99. The molecule has 2 bridgehead atoms. The first-order chi connectivity index (χ1) is 6.05. The van der Waals surface area contributed by atoms with Gasteiger partial charge in [0.15, 0.2) is 0 Å². The number of hydrogen-bond donors (Lipinski definition) is 2. The molecule has 3 atom stereocenters. The second kappa shape index (κ2) is 2.96. The van der Waals surface area contributed by atoms with Gasteiger partial charge >= 0.3 is 0 Å². The molecule has 2 saturated carbocycles. The van der Waals surface area contributed by atoms with Crippen LogP contribution in [0.5, 0.6) is 0 Å². The Morgan fingerprint density at radius 3 is 2.77 bits per heavy atom. The lowest BCUT2D eigenvalue weighted by Crippen LogP contribution is -2.55. The fourth-order valence-corrected chi connectivity index (χ4v) is 3.42. The summed E-state index contributed by atoms with van der Waals surface area (Å²) in [7, 11) is 2.02. The van der Waals surface area contributed by atoms with Gasteiger partial charge in [0, 0.05) is 5.54 Å². The maximum absolute atomic E-state index is 10.3. The van der Waals surface area contributed by atoms with Crippen molar-refractivity contribution in [2.24, 2.45) is 5.92 Å². The maximum atomic E-state index is 10.3. The van der Waals surface area contributed by atoms with Crippen molar-refractivity contribution in [2.75, 3.05) is 7.05 Å². The molecule has 0 aromatic carbocycles. The molecule has 2 aliphatic carbocycles. The number of nitrogens with one attached hydrogen (secondary N) is 1. The highest BCUT2D eigenvalue weighted by atomic mass is 16.3. The minimum atomic E-state index is -0.348. The van der Waals surface area contributed by atoms with E-state index in [1.54, 1.807) is 0 Å². The molecule has 0 aromatic rings. The first-order valence-corrected chi connectivity index (χ1v) is 5.47. The van der Waals surface area contributed by atoms with Crippen LogP contribution in [0.4, 0.5) is 0 Å². The fourth-order valence-electron chi connectivity index (χ4n) is 3.42. The van der Waals surface area contributed by atoms with E-state index in [2.05, 4.69) is 12.2 Å². The van der Waals surface area contributed by atoms with Crippen LogP contribution < -0.4 is 5.32 Å². The summed E-state index contributed by atoms with van der Waals surface area (Å²) in [6, 6.07) is 0. The Bertz CT molecular complexity index is 204. The fraction of sp³-hybridized carbons (Fsp3) is 1.00. The molecule has 2 N–H and O–H groups in total. The molecule has 76 valence electrons. The Labute approximate surface area is 80.7 Å².